The lowest BCUT2D eigenvalue weighted by Crippen LogP contribution is -2.40. The van der Waals surface area contributed by atoms with Gasteiger partial charge in [0.05, 0.1) is 6.04 Å². The molecule has 0 amide bonds. The van der Waals surface area contributed by atoms with E-state index in [1.165, 1.54) is 12.0 Å². The van der Waals surface area contributed by atoms with Gasteiger partial charge in [-0.25, -0.2) is 0 Å². The molecule has 0 aliphatic carbocycles. The number of aromatic hydroxyl groups is 1. The van der Waals surface area contributed by atoms with Crippen LogP contribution in [0.4, 0.5) is 0 Å². The third kappa shape index (κ3) is 2.42. The zero-order valence-corrected chi connectivity index (χ0v) is 11.7. The van der Waals surface area contributed by atoms with Crippen molar-refractivity contribution in [1.82, 2.24) is 9.80 Å². The molecule has 4 nitrogen and oxygen atoms in total. The first kappa shape index (κ1) is 12.8. The second-order valence-corrected chi connectivity index (χ2v) is 5.75. The predicted molar refractivity (Wildman–Crippen MR) is 74.6 cm³/mol. The first-order valence-corrected chi connectivity index (χ1v) is 7.05. The first-order valence-electron chi connectivity index (χ1n) is 7.05. The maximum atomic E-state index is 9.52. The predicted octanol–water partition coefficient (Wildman–Crippen LogP) is 1.85. The third-order valence-corrected chi connectivity index (χ3v) is 4.25. The van der Waals surface area contributed by atoms with Gasteiger partial charge in [0, 0.05) is 30.8 Å². The number of benzene rings is 1. The lowest BCUT2D eigenvalue weighted by molar-refractivity contribution is 0.121. The van der Waals surface area contributed by atoms with Gasteiger partial charge in [-0.05, 0) is 39.1 Å². The molecule has 2 atom stereocenters. The number of rotatable bonds is 1. The van der Waals surface area contributed by atoms with Crippen molar-refractivity contribution in [3.63, 3.8) is 0 Å². The average Bonchev–Trinajstić information content (AvgIpc) is 2.69. The summed E-state index contributed by atoms with van der Waals surface area (Å²) in [5, 5.41) is 9.52. The van der Waals surface area contributed by atoms with E-state index in [0.717, 1.165) is 25.4 Å². The lowest BCUT2D eigenvalue weighted by Gasteiger charge is -2.32. The molecule has 1 aromatic rings. The Morgan fingerprint density at radius 3 is 3.00 bits per heavy atom. The summed E-state index contributed by atoms with van der Waals surface area (Å²) in [4.78, 5) is 4.95. The molecule has 0 spiro atoms. The van der Waals surface area contributed by atoms with E-state index in [2.05, 4.69) is 23.8 Å². The molecule has 3 rings (SSSR count). The molecular formula is C15H22N2O2. The van der Waals surface area contributed by atoms with Crippen LogP contribution >= 0.6 is 0 Å². The fourth-order valence-corrected chi connectivity index (χ4v) is 3.31. The lowest BCUT2D eigenvalue weighted by atomic mass is 10.0. The molecule has 19 heavy (non-hydrogen) atoms. The molecule has 4 heteroatoms. The minimum absolute atomic E-state index is 0.281. The van der Waals surface area contributed by atoms with Crippen LogP contribution in [0.5, 0.6) is 11.5 Å². The van der Waals surface area contributed by atoms with Crippen molar-refractivity contribution in [3.8, 4) is 11.5 Å². The van der Waals surface area contributed by atoms with E-state index < -0.39 is 0 Å². The van der Waals surface area contributed by atoms with Gasteiger partial charge in [-0.3, -0.25) is 4.90 Å². The van der Waals surface area contributed by atoms with Crippen LogP contribution in [-0.4, -0.2) is 54.2 Å². The van der Waals surface area contributed by atoms with E-state index >= 15 is 0 Å². The topological polar surface area (TPSA) is 35.9 Å². The van der Waals surface area contributed by atoms with E-state index in [1.54, 1.807) is 12.1 Å². The van der Waals surface area contributed by atoms with Crippen LogP contribution in [0, 0.1) is 0 Å². The molecule has 2 heterocycles. The zero-order valence-electron chi connectivity index (χ0n) is 11.7. The van der Waals surface area contributed by atoms with E-state index in [4.69, 9.17) is 4.74 Å². The van der Waals surface area contributed by atoms with Crippen molar-refractivity contribution in [2.45, 2.75) is 25.4 Å². The van der Waals surface area contributed by atoms with Gasteiger partial charge in [0.25, 0.3) is 0 Å². The Bertz CT molecular complexity index is 463. The second kappa shape index (κ2) is 5.02. The maximum absolute atomic E-state index is 9.52. The van der Waals surface area contributed by atoms with Crippen molar-refractivity contribution in [2.75, 3.05) is 33.3 Å². The Labute approximate surface area is 114 Å². The Morgan fingerprint density at radius 2 is 2.16 bits per heavy atom. The van der Waals surface area contributed by atoms with Gasteiger partial charge >= 0.3 is 0 Å². The summed E-state index contributed by atoms with van der Waals surface area (Å²) in [5.41, 5.74) is 1.22. The summed E-state index contributed by atoms with van der Waals surface area (Å²) in [6.07, 6.45) is 1.20. The number of likely N-dealkylation sites (N-methyl/N-ethyl adjacent to an activating group) is 1. The van der Waals surface area contributed by atoms with Gasteiger partial charge in [0.15, 0.2) is 0 Å². The quantitative estimate of drug-likeness (QED) is 0.838. The highest BCUT2D eigenvalue weighted by Gasteiger charge is 2.33. The summed E-state index contributed by atoms with van der Waals surface area (Å²) in [6, 6.07) is 6.35. The zero-order chi connectivity index (χ0) is 13.4. The summed E-state index contributed by atoms with van der Waals surface area (Å²) in [6.45, 7) is 6.37. The second-order valence-electron chi connectivity index (χ2n) is 5.75. The third-order valence-electron chi connectivity index (χ3n) is 4.25. The van der Waals surface area contributed by atoms with Crippen LogP contribution in [0.3, 0.4) is 0 Å². The van der Waals surface area contributed by atoms with Crippen LogP contribution in [0.1, 0.15) is 24.9 Å². The maximum Gasteiger partial charge on any atom is 0.127 e. The summed E-state index contributed by atoms with van der Waals surface area (Å²) < 4.78 is 5.75. The van der Waals surface area contributed by atoms with Gasteiger partial charge < -0.3 is 14.7 Å². The fourth-order valence-electron chi connectivity index (χ4n) is 3.31. The molecule has 2 unspecified atom stereocenters. The molecule has 1 saturated heterocycles. The van der Waals surface area contributed by atoms with Crippen molar-refractivity contribution in [1.29, 1.82) is 0 Å². The van der Waals surface area contributed by atoms with Crippen molar-refractivity contribution in [2.24, 2.45) is 0 Å². The minimum atomic E-state index is 0.281. The number of phenols is 1. The molecular weight excluding hydrogens is 240 g/mol. The van der Waals surface area contributed by atoms with Gasteiger partial charge in [0.2, 0.25) is 0 Å². The van der Waals surface area contributed by atoms with E-state index in [1.807, 2.05) is 6.07 Å². The van der Waals surface area contributed by atoms with Crippen LogP contribution in [-0.2, 0) is 0 Å². The molecule has 0 radical (unpaired) electrons. The van der Waals surface area contributed by atoms with Crippen molar-refractivity contribution < 1.29 is 9.84 Å². The minimum Gasteiger partial charge on any atom is -0.508 e. The van der Waals surface area contributed by atoms with Gasteiger partial charge in [-0.2, -0.15) is 0 Å². The Balaban J connectivity index is 1.84. The fraction of sp³-hybridized carbons (Fsp3) is 0.600. The highest BCUT2D eigenvalue weighted by atomic mass is 16.5. The Hall–Kier alpha value is -1.26. The largest absolute Gasteiger partial charge is 0.508 e. The Morgan fingerprint density at radius 1 is 1.32 bits per heavy atom. The average molecular weight is 262 g/mol. The molecule has 0 saturated carbocycles. The van der Waals surface area contributed by atoms with Gasteiger partial charge in [0.1, 0.15) is 18.1 Å². The summed E-state index contributed by atoms with van der Waals surface area (Å²) in [5.74, 6) is 1.12. The SMILES string of the molecule is CC1CN(C)CCCN1C1COc2cc(O)ccc21. The normalized spacial score (nSPS) is 28.7. The molecule has 104 valence electrons. The van der Waals surface area contributed by atoms with E-state index in [-0.39, 0.29) is 5.75 Å². The van der Waals surface area contributed by atoms with Gasteiger partial charge in [-0.15, -0.1) is 0 Å². The number of phenolic OH excluding ortho intramolecular Hbond substituents is 1. The van der Waals surface area contributed by atoms with Crippen LogP contribution < -0.4 is 4.74 Å². The number of hydrogen-bond donors (Lipinski definition) is 1. The molecule has 2 aliphatic rings. The van der Waals surface area contributed by atoms with Crippen molar-refractivity contribution >= 4 is 0 Å². The number of fused-ring (bicyclic) bond motifs is 1. The van der Waals surface area contributed by atoms with Gasteiger partial charge in [-0.1, -0.05) is 0 Å². The highest BCUT2D eigenvalue weighted by Crippen LogP contribution is 2.39. The number of nitrogens with zero attached hydrogens (tertiary/aromatic N) is 2. The first-order chi connectivity index (χ1) is 9.15. The van der Waals surface area contributed by atoms with E-state index in [9.17, 15) is 5.11 Å². The standard InChI is InChI=1S/C15H22N2O2/c1-11-9-16(2)6-3-7-17(11)14-10-19-15-8-12(18)4-5-13(14)15/h4-5,8,11,14,18H,3,6-7,9-10H2,1-2H3. The molecule has 0 bridgehead atoms. The highest BCUT2D eigenvalue weighted by molar-refractivity contribution is 5.44. The molecule has 1 fully saturated rings. The number of hydrogen-bond acceptors (Lipinski definition) is 4. The van der Waals surface area contributed by atoms with Crippen LogP contribution in [0.25, 0.3) is 0 Å². The van der Waals surface area contributed by atoms with Crippen molar-refractivity contribution in [3.05, 3.63) is 23.8 Å². The smallest absolute Gasteiger partial charge is 0.127 e. The molecule has 1 aromatic carbocycles. The summed E-state index contributed by atoms with van der Waals surface area (Å²) >= 11 is 0. The van der Waals surface area contributed by atoms with Crippen LogP contribution in [0.2, 0.25) is 0 Å². The molecule has 2 aliphatic heterocycles. The summed E-state index contributed by atoms with van der Waals surface area (Å²) in [7, 11) is 2.19. The molecule has 1 N–H and O–H groups in total. The molecule has 0 aromatic heterocycles. The monoisotopic (exact) mass is 262 g/mol. The van der Waals surface area contributed by atoms with E-state index in [0.29, 0.717) is 18.7 Å². The Kier molecular flexibility index (Phi) is 3.37. The number of ether oxygens (including phenoxy) is 1. The van der Waals surface area contributed by atoms with Crippen LogP contribution in [0.15, 0.2) is 18.2 Å².